The summed E-state index contributed by atoms with van der Waals surface area (Å²) in [5.74, 6) is 0.625. The van der Waals surface area contributed by atoms with Crippen LogP contribution in [-0.4, -0.2) is 36.7 Å². The molecule has 0 spiro atoms. The fraction of sp³-hybridized carbons (Fsp3) is 0.250. The zero-order valence-corrected chi connectivity index (χ0v) is 14.2. The van der Waals surface area contributed by atoms with Gasteiger partial charge in [-0.2, -0.15) is 5.10 Å². The van der Waals surface area contributed by atoms with Gasteiger partial charge in [-0.25, -0.2) is 9.97 Å². The lowest BCUT2D eigenvalue weighted by Crippen LogP contribution is -2.21. The molecule has 7 nitrogen and oxygen atoms in total. The highest BCUT2D eigenvalue weighted by Gasteiger charge is 2.11. The Morgan fingerprint density at radius 2 is 2.08 bits per heavy atom. The van der Waals surface area contributed by atoms with E-state index in [1.165, 1.54) is 10.9 Å². The van der Waals surface area contributed by atoms with Crippen molar-refractivity contribution in [1.29, 1.82) is 0 Å². The van der Waals surface area contributed by atoms with E-state index in [1.807, 2.05) is 25.2 Å². The van der Waals surface area contributed by atoms with E-state index in [0.717, 1.165) is 10.5 Å². The molecule has 4 aromatic rings. The number of nitrogens with one attached hydrogen (secondary N) is 1. The number of rotatable bonds is 4. The number of hydrogen-bond acceptors (Lipinski definition) is 6. The van der Waals surface area contributed by atoms with E-state index in [2.05, 4.69) is 31.0 Å². The van der Waals surface area contributed by atoms with Crippen molar-refractivity contribution in [3.05, 3.63) is 51.6 Å². The van der Waals surface area contributed by atoms with Crippen molar-refractivity contribution in [3.8, 4) is 0 Å². The summed E-state index contributed by atoms with van der Waals surface area (Å²) in [5, 5.41) is 5.63. The molecule has 0 aliphatic heterocycles. The topological polar surface area (TPSA) is 79.7 Å². The molecule has 0 atom stereocenters. The molecule has 0 saturated heterocycles. The van der Waals surface area contributed by atoms with Crippen LogP contribution in [0.4, 0.5) is 0 Å². The first-order valence-electron chi connectivity index (χ1n) is 7.54. The Balaban J connectivity index is 1.56. The van der Waals surface area contributed by atoms with E-state index >= 15 is 0 Å². The number of para-hydroxylation sites is 1. The van der Waals surface area contributed by atoms with Gasteiger partial charge >= 0.3 is 0 Å². The highest BCUT2D eigenvalue weighted by Crippen LogP contribution is 2.22. The van der Waals surface area contributed by atoms with E-state index in [4.69, 9.17) is 0 Å². The number of aryl methyl sites for hydroxylation is 1. The van der Waals surface area contributed by atoms with Gasteiger partial charge in [0.2, 0.25) is 0 Å². The van der Waals surface area contributed by atoms with Gasteiger partial charge in [-0.3, -0.25) is 14.4 Å². The third-order valence-electron chi connectivity index (χ3n) is 3.81. The van der Waals surface area contributed by atoms with Crippen molar-refractivity contribution in [1.82, 2.24) is 29.6 Å². The molecule has 3 aromatic heterocycles. The minimum Gasteiger partial charge on any atom is -0.309 e. The van der Waals surface area contributed by atoms with Crippen LogP contribution < -0.4 is 5.56 Å². The van der Waals surface area contributed by atoms with E-state index < -0.39 is 0 Å². The lowest BCUT2D eigenvalue weighted by atomic mass is 10.3. The maximum atomic E-state index is 12.1. The van der Waals surface area contributed by atoms with Gasteiger partial charge in [-0.05, 0) is 19.2 Å². The number of hydrogen-bond donors (Lipinski definition) is 1. The van der Waals surface area contributed by atoms with Crippen LogP contribution in [0.15, 0.2) is 35.3 Å². The second-order valence-electron chi connectivity index (χ2n) is 5.77. The van der Waals surface area contributed by atoms with Crippen LogP contribution in [0.5, 0.6) is 0 Å². The predicted octanol–water partition coefficient (Wildman–Crippen LogP) is 1.90. The standard InChI is InChI=1S/C16H16N6OS/c1-21(9-14-18-11-5-3-4-6-12(11)24-14)8-13-19-15-10(16(23)20-13)7-17-22(15)2/h3-7H,8-9H2,1-2H3,(H,19,20,23). The van der Waals surface area contributed by atoms with Crippen LogP contribution in [0, 0.1) is 0 Å². The summed E-state index contributed by atoms with van der Waals surface area (Å²) in [5.41, 5.74) is 1.47. The molecule has 8 heteroatoms. The van der Waals surface area contributed by atoms with Gasteiger partial charge in [0, 0.05) is 7.05 Å². The van der Waals surface area contributed by atoms with E-state index in [0.29, 0.717) is 29.9 Å². The fourth-order valence-corrected chi connectivity index (χ4v) is 3.73. The largest absolute Gasteiger partial charge is 0.309 e. The van der Waals surface area contributed by atoms with Gasteiger partial charge in [-0.15, -0.1) is 11.3 Å². The summed E-state index contributed by atoms with van der Waals surface area (Å²) in [7, 11) is 3.77. The van der Waals surface area contributed by atoms with E-state index in [9.17, 15) is 4.79 Å². The molecule has 0 radical (unpaired) electrons. The molecular weight excluding hydrogens is 324 g/mol. The minimum absolute atomic E-state index is 0.156. The van der Waals surface area contributed by atoms with Gasteiger partial charge in [0.15, 0.2) is 5.65 Å². The Bertz CT molecular complexity index is 1050. The molecular formula is C16H16N6OS. The highest BCUT2D eigenvalue weighted by molar-refractivity contribution is 7.18. The van der Waals surface area contributed by atoms with Crippen LogP contribution in [0.1, 0.15) is 10.8 Å². The van der Waals surface area contributed by atoms with Crippen molar-refractivity contribution in [3.63, 3.8) is 0 Å². The summed E-state index contributed by atoms with van der Waals surface area (Å²) in [6, 6.07) is 8.11. The molecule has 3 heterocycles. The average Bonchev–Trinajstić information content (AvgIpc) is 3.11. The molecule has 1 N–H and O–H groups in total. The predicted molar refractivity (Wildman–Crippen MR) is 93.9 cm³/mol. The second-order valence-corrected chi connectivity index (χ2v) is 6.88. The lowest BCUT2D eigenvalue weighted by Gasteiger charge is -2.14. The SMILES string of the molecule is CN(Cc1nc2c(cnn2C)c(=O)[nH]1)Cc1nc2ccccc2s1. The summed E-state index contributed by atoms with van der Waals surface area (Å²) >= 11 is 1.69. The normalized spacial score (nSPS) is 11.8. The van der Waals surface area contributed by atoms with Crippen LogP contribution >= 0.6 is 11.3 Å². The number of aromatic nitrogens is 5. The summed E-state index contributed by atoms with van der Waals surface area (Å²) in [4.78, 5) is 26.1. The molecule has 0 aliphatic carbocycles. The van der Waals surface area contributed by atoms with Gasteiger partial charge in [0.05, 0.1) is 29.5 Å². The Hall–Kier alpha value is -2.58. The second kappa shape index (κ2) is 5.81. The van der Waals surface area contributed by atoms with Gasteiger partial charge in [0.25, 0.3) is 5.56 Å². The molecule has 0 saturated carbocycles. The molecule has 122 valence electrons. The van der Waals surface area contributed by atoms with Gasteiger partial charge < -0.3 is 4.98 Å². The van der Waals surface area contributed by atoms with Crippen molar-refractivity contribution in [2.24, 2.45) is 7.05 Å². The highest BCUT2D eigenvalue weighted by atomic mass is 32.1. The number of aromatic amines is 1. The first kappa shape index (κ1) is 15.0. The number of thiazole rings is 1. The Morgan fingerprint density at radius 3 is 2.92 bits per heavy atom. The van der Waals surface area contributed by atoms with Crippen molar-refractivity contribution >= 4 is 32.6 Å². The van der Waals surface area contributed by atoms with Crippen molar-refractivity contribution < 1.29 is 0 Å². The molecule has 0 bridgehead atoms. The maximum Gasteiger partial charge on any atom is 0.262 e. The molecule has 0 amide bonds. The van der Waals surface area contributed by atoms with Crippen molar-refractivity contribution in [2.75, 3.05) is 7.05 Å². The minimum atomic E-state index is -0.156. The number of fused-ring (bicyclic) bond motifs is 2. The molecule has 0 aliphatic rings. The number of nitrogens with zero attached hydrogens (tertiary/aromatic N) is 5. The fourth-order valence-electron chi connectivity index (χ4n) is 2.68. The maximum absolute atomic E-state index is 12.1. The third-order valence-corrected chi connectivity index (χ3v) is 4.83. The number of benzene rings is 1. The van der Waals surface area contributed by atoms with Crippen LogP contribution in [0.2, 0.25) is 0 Å². The zero-order chi connectivity index (χ0) is 16.7. The van der Waals surface area contributed by atoms with Crippen LogP contribution in [0.25, 0.3) is 21.3 Å². The monoisotopic (exact) mass is 340 g/mol. The quantitative estimate of drug-likeness (QED) is 0.614. The average molecular weight is 340 g/mol. The Morgan fingerprint density at radius 1 is 1.25 bits per heavy atom. The first-order valence-corrected chi connectivity index (χ1v) is 8.36. The van der Waals surface area contributed by atoms with Crippen molar-refractivity contribution in [2.45, 2.75) is 13.1 Å². The first-order chi connectivity index (χ1) is 11.6. The summed E-state index contributed by atoms with van der Waals surface area (Å²) in [6.07, 6.45) is 1.54. The van der Waals surface area contributed by atoms with Gasteiger partial charge in [-0.1, -0.05) is 12.1 Å². The zero-order valence-electron chi connectivity index (χ0n) is 13.4. The number of H-pyrrole nitrogens is 1. The van der Waals surface area contributed by atoms with Crippen LogP contribution in [-0.2, 0) is 20.1 Å². The van der Waals surface area contributed by atoms with E-state index in [1.54, 1.807) is 23.1 Å². The van der Waals surface area contributed by atoms with Crippen LogP contribution in [0.3, 0.4) is 0 Å². The smallest absolute Gasteiger partial charge is 0.262 e. The molecule has 4 rings (SSSR count). The Kier molecular flexibility index (Phi) is 3.62. The van der Waals surface area contributed by atoms with E-state index in [-0.39, 0.29) is 5.56 Å². The third kappa shape index (κ3) is 2.70. The molecule has 1 aromatic carbocycles. The lowest BCUT2D eigenvalue weighted by molar-refractivity contribution is 0.310. The molecule has 0 fully saturated rings. The van der Waals surface area contributed by atoms with Gasteiger partial charge in [0.1, 0.15) is 16.2 Å². The molecule has 24 heavy (non-hydrogen) atoms. The summed E-state index contributed by atoms with van der Waals surface area (Å²) in [6.45, 7) is 1.23. The Labute approximate surface area is 141 Å². The molecule has 0 unspecified atom stereocenters. The summed E-state index contributed by atoms with van der Waals surface area (Å²) < 4.78 is 2.80.